The van der Waals surface area contributed by atoms with Gasteiger partial charge in [-0.15, -0.1) is 0 Å². The topological polar surface area (TPSA) is 48.8 Å². The van der Waals surface area contributed by atoms with Crippen LogP contribution in [0.1, 0.15) is 78.6 Å². The number of nitrogens with zero attached hydrogens (tertiary/aromatic N) is 3. The first-order chi connectivity index (χ1) is 7.74. The van der Waals surface area contributed by atoms with E-state index in [-0.39, 0.29) is 5.54 Å². The summed E-state index contributed by atoms with van der Waals surface area (Å²) in [6.07, 6.45) is 10.3. The van der Waals surface area contributed by atoms with Gasteiger partial charge in [-0.05, 0) is 24.8 Å². The van der Waals surface area contributed by atoms with Crippen LogP contribution in [0.3, 0.4) is 0 Å². The third kappa shape index (κ3) is 6.02. The standard InChI is InChI=1S/C13H27N3/c1-4-7-10-13(15-16-14,11-8-5-2)12-9-6-3/h4-12H2,1-3H3. The Morgan fingerprint density at radius 2 is 1.25 bits per heavy atom. The van der Waals surface area contributed by atoms with E-state index in [0.29, 0.717) is 0 Å². The molecular formula is C13H27N3. The Hall–Kier alpha value is -0.690. The highest BCUT2D eigenvalue weighted by molar-refractivity contribution is 4.88. The van der Waals surface area contributed by atoms with E-state index >= 15 is 0 Å². The summed E-state index contributed by atoms with van der Waals surface area (Å²) in [6, 6.07) is 0. The molecule has 0 rings (SSSR count). The highest BCUT2D eigenvalue weighted by atomic mass is 15.2. The molecule has 0 saturated carbocycles. The van der Waals surface area contributed by atoms with Gasteiger partial charge < -0.3 is 0 Å². The molecular weight excluding hydrogens is 198 g/mol. The lowest BCUT2D eigenvalue weighted by molar-refractivity contribution is 0.312. The summed E-state index contributed by atoms with van der Waals surface area (Å²) in [6.45, 7) is 6.58. The predicted octanol–water partition coefficient (Wildman–Crippen LogP) is 5.61. The van der Waals surface area contributed by atoms with Gasteiger partial charge in [-0.1, -0.05) is 64.4 Å². The number of unbranched alkanes of at least 4 members (excludes halogenated alkanes) is 3. The van der Waals surface area contributed by atoms with Crippen molar-refractivity contribution in [1.29, 1.82) is 0 Å². The number of hydrogen-bond acceptors (Lipinski definition) is 1. The molecule has 0 amide bonds. The van der Waals surface area contributed by atoms with Crippen LogP contribution in [-0.4, -0.2) is 5.54 Å². The van der Waals surface area contributed by atoms with E-state index in [4.69, 9.17) is 5.53 Å². The van der Waals surface area contributed by atoms with Crippen LogP contribution in [0.5, 0.6) is 0 Å². The fourth-order valence-corrected chi connectivity index (χ4v) is 2.14. The Bertz CT molecular complexity index is 185. The zero-order valence-corrected chi connectivity index (χ0v) is 11.2. The van der Waals surface area contributed by atoms with Gasteiger partial charge in [0, 0.05) is 10.5 Å². The van der Waals surface area contributed by atoms with Crippen LogP contribution in [0.4, 0.5) is 0 Å². The minimum Gasteiger partial charge on any atom is -0.0873 e. The molecule has 0 aromatic rings. The number of hydrogen-bond donors (Lipinski definition) is 0. The van der Waals surface area contributed by atoms with Crippen molar-refractivity contribution in [3.63, 3.8) is 0 Å². The van der Waals surface area contributed by atoms with E-state index in [9.17, 15) is 0 Å². The normalized spacial score (nSPS) is 11.2. The summed E-state index contributed by atoms with van der Waals surface area (Å²) in [5.74, 6) is 0. The highest BCUT2D eigenvalue weighted by Crippen LogP contribution is 2.31. The van der Waals surface area contributed by atoms with Crippen molar-refractivity contribution in [2.45, 2.75) is 84.1 Å². The van der Waals surface area contributed by atoms with Crippen molar-refractivity contribution in [3.8, 4) is 0 Å². The van der Waals surface area contributed by atoms with Crippen LogP contribution in [0.2, 0.25) is 0 Å². The fraction of sp³-hybridized carbons (Fsp3) is 1.00. The second-order valence-corrected chi connectivity index (χ2v) is 4.72. The molecule has 0 heterocycles. The largest absolute Gasteiger partial charge is 0.0873 e. The second kappa shape index (κ2) is 9.53. The lowest BCUT2D eigenvalue weighted by Gasteiger charge is -2.28. The molecule has 0 radical (unpaired) electrons. The van der Waals surface area contributed by atoms with Gasteiger partial charge in [-0.3, -0.25) is 0 Å². The van der Waals surface area contributed by atoms with E-state index in [2.05, 4.69) is 30.8 Å². The molecule has 0 aliphatic rings. The average Bonchev–Trinajstić information content (AvgIpc) is 2.31. The molecule has 0 aliphatic carbocycles. The van der Waals surface area contributed by atoms with Gasteiger partial charge in [-0.2, -0.15) is 0 Å². The molecule has 0 unspecified atom stereocenters. The highest BCUT2D eigenvalue weighted by Gasteiger charge is 2.26. The molecule has 3 nitrogen and oxygen atoms in total. The summed E-state index contributed by atoms with van der Waals surface area (Å²) in [5.41, 5.74) is 8.67. The maximum Gasteiger partial charge on any atom is 0.0488 e. The summed E-state index contributed by atoms with van der Waals surface area (Å²) in [4.78, 5) is 3.09. The molecule has 94 valence electrons. The summed E-state index contributed by atoms with van der Waals surface area (Å²) >= 11 is 0. The zero-order chi connectivity index (χ0) is 12.3. The Balaban J connectivity index is 4.51. The van der Waals surface area contributed by atoms with Gasteiger partial charge in [0.15, 0.2) is 0 Å². The summed E-state index contributed by atoms with van der Waals surface area (Å²) in [7, 11) is 0. The van der Waals surface area contributed by atoms with E-state index in [1.807, 2.05) is 0 Å². The second-order valence-electron chi connectivity index (χ2n) is 4.72. The minimum atomic E-state index is -0.0865. The van der Waals surface area contributed by atoms with E-state index in [1.54, 1.807) is 0 Å². The van der Waals surface area contributed by atoms with Gasteiger partial charge in [0.05, 0.1) is 0 Å². The fourth-order valence-electron chi connectivity index (χ4n) is 2.14. The summed E-state index contributed by atoms with van der Waals surface area (Å²) < 4.78 is 0. The van der Waals surface area contributed by atoms with Gasteiger partial charge in [0.2, 0.25) is 0 Å². The van der Waals surface area contributed by atoms with Crippen molar-refractivity contribution >= 4 is 0 Å². The van der Waals surface area contributed by atoms with Crippen molar-refractivity contribution in [2.75, 3.05) is 0 Å². The third-order valence-electron chi connectivity index (χ3n) is 3.24. The molecule has 0 aromatic carbocycles. The van der Waals surface area contributed by atoms with Crippen LogP contribution < -0.4 is 0 Å². The SMILES string of the molecule is CCCCC(CCCC)(CCCC)N=[N+]=[N-]. The minimum absolute atomic E-state index is 0.0865. The Morgan fingerprint density at radius 3 is 1.50 bits per heavy atom. The molecule has 0 N–H and O–H groups in total. The Labute approximate surface area is 100 Å². The van der Waals surface area contributed by atoms with E-state index in [0.717, 1.165) is 19.3 Å². The van der Waals surface area contributed by atoms with Crippen LogP contribution in [-0.2, 0) is 0 Å². The van der Waals surface area contributed by atoms with E-state index < -0.39 is 0 Å². The first kappa shape index (κ1) is 15.3. The number of rotatable bonds is 10. The van der Waals surface area contributed by atoms with Crippen molar-refractivity contribution in [1.82, 2.24) is 0 Å². The summed E-state index contributed by atoms with van der Waals surface area (Å²) in [5, 5.41) is 4.15. The lowest BCUT2D eigenvalue weighted by atomic mass is 9.83. The Morgan fingerprint density at radius 1 is 0.875 bits per heavy atom. The third-order valence-corrected chi connectivity index (χ3v) is 3.24. The van der Waals surface area contributed by atoms with E-state index in [1.165, 1.54) is 38.5 Å². The average molecular weight is 225 g/mol. The van der Waals surface area contributed by atoms with Crippen LogP contribution in [0.25, 0.3) is 10.4 Å². The molecule has 0 spiro atoms. The van der Waals surface area contributed by atoms with Crippen molar-refractivity contribution < 1.29 is 0 Å². The molecule has 0 bridgehead atoms. The maximum atomic E-state index is 8.76. The smallest absolute Gasteiger partial charge is 0.0488 e. The molecule has 0 atom stereocenters. The quantitative estimate of drug-likeness (QED) is 0.264. The molecule has 3 heteroatoms. The molecule has 0 fully saturated rings. The van der Waals surface area contributed by atoms with Crippen LogP contribution in [0.15, 0.2) is 5.11 Å². The van der Waals surface area contributed by atoms with Gasteiger partial charge in [-0.25, -0.2) is 0 Å². The number of azide groups is 1. The lowest BCUT2D eigenvalue weighted by Crippen LogP contribution is -2.25. The molecule has 0 saturated heterocycles. The Kier molecular flexibility index (Phi) is 9.12. The molecule has 0 aromatic heterocycles. The first-order valence-corrected chi connectivity index (χ1v) is 6.81. The van der Waals surface area contributed by atoms with Gasteiger partial charge >= 0.3 is 0 Å². The monoisotopic (exact) mass is 225 g/mol. The van der Waals surface area contributed by atoms with Crippen LogP contribution >= 0.6 is 0 Å². The van der Waals surface area contributed by atoms with Crippen LogP contribution in [0, 0.1) is 0 Å². The zero-order valence-electron chi connectivity index (χ0n) is 11.2. The maximum absolute atomic E-state index is 8.76. The van der Waals surface area contributed by atoms with Crippen molar-refractivity contribution in [3.05, 3.63) is 10.4 Å². The van der Waals surface area contributed by atoms with Gasteiger partial charge in [0.1, 0.15) is 0 Å². The van der Waals surface area contributed by atoms with Crippen molar-refractivity contribution in [2.24, 2.45) is 5.11 Å². The van der Waals surface area contributed by atoms with Gasteiger partial charge in [0.25, 0.3) is 0 Å². The molecule has 16 heavy (non-hydrogen) atoms. The first-order valence-electron chi connectivity index (χ1n) is 6.81. The molecule has 0 aliphatic heterocycles. The predicted molar refractivity (Wildman–Crippen MR) is 70.5 cm³/mol.